The van der Waals surface area contributed by atoms with Crippen LogP contribution < -0.4 is 15.5 Å². The van der Waals surface area contributed by atoms with Gasteiger partial charge < -0.3 is 20.6 Å². The Bertz CT molecular complexity index is 1120. The third-order valence-electron chi connectivity index (χ3n) is 5.05. The van der Waals surface area contributed by atoms with Crippen LogP contribution in [0.5, 0.6) is 0 Å². The van der Waals surface area contributed by atoms with E-state index >= 15 is 0 Å². The Labute approximate surface area is 191 Å². The molecule has 0 saturated carbocycles. The lowest BCUT2D eigenvalue weighted by atomic mass is 10.1. The molecule has 4 heterocycles. The minimum atomic E-state index is -4.49. The molecule has 1 amide bonds. The van der Waals surface area contributed by atoms with E-state index in [1.807, 2.05) is 17.4 Å². The molecule has 8 nitrogen and oxygen atoms in total. The molecule has 0 aromatic carbocycles. The van der Waals surface area contributed by atoms with Gasteiger partial charge in [-0.15, -0.1) is 0 Å². The molecule has 12 heteroatoms. The number of nitrogens with one attached hydrogen (secondary N) is 2. The van der Waals surface area contributed by atoms with E-state index in [4.69, 9.17) is 0 Å². The van der Waals surface area contributed by atoms with Crippen molar-refractivity contribution in [1.29, 1.82) is 0 Å². The molecule has 0 bridgehead atoms. The van der Waals surface area contributed by atoms with E-state index in [0.29, 0.717) is 21.4 Å². The monoisotopic (exact) mass is 478 g/mol. The zero-order valence-corrected chi connectivity index (χ0v) is 18.2. The van der Waals surface area contributed by atoms with Crippen LogP contribution in [0.15, 0.2) is 43.0 Å². The maximum atomic E-state index is 12.3. The van der Waals surface area contributed by atoms with Crippen LogP contribution in [0.2, 0.25) is 0 Å². The van der Waals surface area contributed by atoms with E-state index in [0.717, 1.165) is 31.6 Å². The van der Waals surface area contributed by atoms with Gasteiger partial charge in [0.25, 0.3) is 5.91 Å². The number of hydrogen-bond acceptors (Lipinski definition) is 8. The Hall–Kier alpha value is -3.25. The van der Waals surface area contributed by atoms with E-state index in [1.165, 1.54) is 29.8 Å². The number of carbonyl (C=O) groups excluding carboxylic acids is 1. The van der Waals surface area contributed by atoms with Crippen molar-refractivity contribution in [2.45, 2.75) is 25.1 Å². The number of amides is 1. The standard InChI is InChI=1S/C21H21F3N6O2S/c22-21(23,24)12-28-19(32)14-7-13(9-25-10-14)17-11-27-20(33-17)29-18-8-15(1-4-26-18)30-5-2-16(31)3-6-30/h1,4,7-11,16,31H,2-3,5-6,12H2,(H,28,32)(H,26,27,29). The predicted molar refractivity (Wildman–Crippen MR) is 119 cm³/mol. The molecular weight excluding hydrogens is 457 g/mol. The highest BCUT2D eigenvalue weighted by Gasteiger charge is 2.28. The second-order valence-corrected chi connectivity index (χ2v) is 8.56. The highest BCUT2D eigenvalue weighted by atomic mass is 32.1. The summed E-state index contributed by atoms with van der Waals surface area (Å²) in [5.41, 5.74) is 1.59. The molecule has 1 aliphatic rings. The molecule has 3 aromatic rings. The summed E-state index contributed by atoms with van der Waals surface area (Å²) in [6, 6.07) is 5.29. The van der Waals surface area contributed by atoms with Crippen molar-refractivity contribution in [2.75, 3.05) is 29.9 Å². The van der Waals surface area contributed by atoms with Gasteiger partial charge in [-0.3, -0.25) is 9.78 Å². The molecule has 3 aromatic heterocycles. The van der Waals surface area contributed by atoms with Crippen molar-refractivity contribution < 1.29 is 23.1 Å². The molecule has 0 radical (unpaired) electrons. The lowest BCUT2D eigenvalue weighted by Gasteiger charge is -2.31. The number of alkyl halides is 3. The number of aliphatic hydroxyl groups is 1. The number of hydrogen-bond donors (Lipinski definition) is 3. The smallest absolute Gasteiger partial charge is 0.393 e. The normalized spacial score (nSPS) is 14.8. The molecule has 0 atom stereocenters. The van der Waals surface area contributed by atoms with Gasteiger partial charge in [-0.2, -0.15) is 13.2 Å². The topological polar surface area (TPSA) is 103 Å². The van der Waals surface area contributed by atoms with Crippen LogP contribution in [0.4, 0.5) is 29.8 Å². The molecule has 3 N–H and O–H groups in total. The average molecular weight is 479 g/mol. The van der Waals surface area contributed by atoms with Gasteiger partial charge in [0, 0.05) is 55.2 Å². The zero-order chi connectivity index (χ0) is 23.4. The van der Waals surface area contributed by atoms with Gasteiger partial charge >= 0.3 is 6.18 Å². The molecule has 1 fully saturated rings. The Morgan fingerprint density at radius 3 is 2.73 bits per heavy atom. The van der Waals surface area contributed by atoms with Crippen molar-refractivity contribution in [3.63, 3.8) is 0 Å². The van der Waals surface area contributed by atoms with E-state index in [1.54, 1.807) is 12.4 Å². The molecule has 1 saturated heterocycles. The zero-order valence-electron chi connectivity index (χ0n) is 17.3. The molecule has 0 spiro atoms. The van der Waals surface area contributed by atoms with Gasteiger partial charge in [0.1, 0.15) is 12.4 Å². The van der Waals surface area contributed by atoms with Crippen molar-refractivity contribution >= 4 is 33.9 Å². The highest BCUT2D eigenvalue weighted by molar-refractivity contribution is 7.18. The third kappa shape index (κ3) is 6.17. The number of anilines is 3. The van der Waals surface area contributed by atoms with Crippen LogP contribution in [0, 0.1) is 0 Å². The van der Waals surface area contributed by atoms with Gasteiger partial charge in [-0.05, 0) is 25.0 Å². The number of aromatic nitrogens is 3. The van der Waals surface area contributed by atoms with Gasteiger partial charge in [0.05, 0.1) is 16.5 Å². The fourth-order valence-electron chi connectivity index (χ4n) is 3.36. The first-order chi connectivity index (χ1) is 15.8. The van der Waals surface area contributed by atoms with Crippen molar-refractivity contribution in [1.82, 2.24) is 20.3 Å². The second kappa shape index (κ2) is 9.71. The first-order valence-corrected chi connectivity index (χ1v) is 11.0. The first-order valence-electron chi connectivity index (χ1n) is 10.2. The first kappa shape index (κ1) is 22.9. The molecule has 1 aliphatic heterocycles. The molecule has 174 valence electrons. The quantitative estimate of drug-likeness (QED) is 0.498. The summed E-state index contributed by atoms with van der Waals surface area (Å²) in [5.74, 6) is -0.242. The van der Waals surface area contributed by atoms with E-state index in [2.05, 4.69) is 25.2 Å². The molecule has 4 rings (SSSR count). The van der Waals surface area contributed by atoms with Gasteiger partial charge in [-0.1, -0.05) is 11.3 Å². The van der Waals surface area contributed by atoms with E-state index < -0.39 is 18.6 Å². The molecular formula is C21H21F3N6O2S. The largest absolute Gasteiger partial charge is 0.405 e. The van der Waals surface area contributed by atoms with Crippen LogP contribution in [0.1, 0.15) is 23.2 Å². The molecule has 0 aliphatic carbocycles. The maximum absolute atomic E-state index is 12.3. The highest BCUT2D eigenvalue weighted by Crippen LogP contribution is 2.31. The van der Waals surface area contributed by atoms with E-state index in [9.17, 15) is 23.1 Å². The van der Waals surface area contributed by atoms with Crippen LogP contribution >= 0.6 is 11.3 Å². The predicted octanol–water partition coefficient (Wildman–Crippen LogP) is 3.60. The van der Waals surface area contributed by atoms with Crippen molar-refractivity contribution in [3.8, 4) is 10.4 Å². The van der Waals surface area contributed by atoms with Gasteiger partial charge in [0.15, 0.2) is 5.13 Å². The summed E-state index contributed by atoms with van der Waals surface area (Å²) in [5, 5.41) is 15.2. The van der Waals surface area contributed by atoms with Crippen LogP contribution in [0.25, 0.3) is 10.4 Å². The average Bonchev–Trinajstić information content (AvgIpc) is 3.26. The number of rotatable bonds is 6. The fraction of sp³-hybridized carbons (Fsp3) is 0.333. The van der Waals surface area contributed by atoms with Gasteiger partial charge in [-0.25, -0.2) is 9.97 Å². The molecule has 33 heavy (non-hydrogen) atoms. The van der Waals surface area contributed by atoms with E-state index in [-0.39, 0.29) is 11.7 Å². The fourth-order valence-corrected chi connectivity index (χ4v) is 4.17. The number of piperidine rings is 1. The molecule has 0 unspecified atom stereocenters. The summed E-state index contributed by atoms with van der Waals surface area (Å²) >= 11 is 1.30. The Balaban J connectivity index is 1.43. The van der Waals surface area contributed by atoms with Crippen molar-refractivity contribution in [3.05, 3.63) is 48.5 Å². The Kier molecular flexibility index (Phi) is 6.75. The number of halogens is 3. The number of pyridine rings is 2. The number of aliphatic hydroxyl groups excluding tert-OH is 1. The summed E-state index contributed by atoms with van der Waals surface area (Å²) in [4.78, 5) is 27.5. The van der Waals surface area contributed by atoms with Crippen LogP contribution in [-0.2, 0) is 0 Å². The summed E-state index contributed by atoms with van der Waals surface area (Å²) in [7, 11) is 0. The Morgan fingerprint density at radius 2 is 1.97 bits per heavy atom. The minimum Gasteiger partial charge on any atom is -0.393 e. The Morgan fingerprint density at radius 1 is 1.18 bits per heavy atom. The number of thiazole rings is 1. The SMILES string of the molecule is O=C(NCC(F)(F)F)c1cncc(-c2cnc(Nc3cc(N4CCC(O)CC4)ccn3)s2)c1. The lowest BCUT2D eigenvalue weighted by Crippen LogP contribution is -2.35. The second-order valence-electron chi connectivity index (χ2n) is 7.53. The number of nitrogens with zero attached hydrogens (tertiary/aromatic N) is 4. The number of carbonyl (C=O) groups is 1. The van der Waals surface area contributed by atoms with Gasteiger partial charge in [0.2, 0.25) is 0 Å². The summed E-state index contributed by atoms with van der Waals surface area (Å²) < 4.78 is 37.0. The third-order valence-corrected chi connectivity index (χ3v) is 6.01. The maximum Gasteiger partial charge on any atom is 0.405 e. The summed E-state index contributed by atoms with van der Waals surface area (Å²) in [6.45, 7) is 0.132. The lowest BCUT2D eigenvalue weighted by molar-refractivity contribution is -0.123. The summed E-state index contributed by atoms with van der Waals surface area (Å²) in [6.07, 6.45) is 2.73. The van der Waals surface area contributed by atoms with Crippen molar-refractivity contribution in [2.24, 2.45) is 0 Å². The van der Waals surface area contributed by atoms with Crippen LogP contribution in [0.3, 0.4) is 0 Å². The van der Waals surface area contributed by atoms with Crippen LogP contribution in [-0.4, -0.2) is 57.9 Å². The minimum absolute atomic E-state index is 0.0284.